The Balaban J connectivity index is 1.88. The van der Waals surface area contributed by atoms with Gasteiger partial charge in [-0.25, -0.2) is 9.36 Å². The van der Waals surface area contributed by atoms with E-state index in [1.54, 1.807) is 18.2 Å². The highest BCUT2D eigenvalue weighted by Crippen LogP contribution is 2.31. The van der Waals surface area contributed by atoms with Gasteiger partial charge in [0.2, 0.25) is 0 Å². The Morgan fingerprint density at radius 3 is 2.58 bits per heavy atom. The molecule has 0 amide bonds. The number of hydrogen-bond donors (Lipinski definition) is 1. The van der Waals surface area contributed by atoms with Gasteiger partial charge in [0.25, 0.3) is 5.56 Å². The molecule has 2 aromatic carbocycles. The van der Waals surface area contributed by atoms with Crippen LogP contribution in [0, 0.1) is 13.8 Å². The molecule has 170 valence electrons. The van der Waals surface area contributed by atoms with Crippen molar-refractivity contribution in [3.8, 4) is 22.6 Å². The van der Waals surface area contributed by atoms with Crippen molar-refractivity contribution in [3.63, 3.8) is 0 Å². The maximum absolute atomic E-state index is 13.2. The van der Waals surface area contributed by atoms with Gasteiger partial charge in [0.15, 0.2) is 6.61 Å². The molecule has 10 heteroatoms. The number of nitrogens with one attached hydrogen (secondary N) is 1. The molecular formula is C23H17ClF3N3O3. The van der Waals surface area contributed by atoms with E-state index in [1.807, 2.05) is 19.1 Å². The van der Waals surface area contributed by atoms with Crippen LogP contribution in [0.15, 0.2) is 58.4 Å². The van der Waals surface area contributed by atoms with Gasteiger partial charge in [-0.15, -0.1) is 0 Å². The quantitative estimate of drug-likeness (QED) is 0.453. The zero-order valence-electron chi connectivity index (χ0n) is 17.5. The Kier molecular flexibility index (Phi) is 5.75. The van der Waals surface area contributed by atoms with E-state index in [4.69, 9.17) is 16.3 Å². The molecule has 0 spiro atoms. The van der Waals surface area contributed by atoms with Crippen LogP contribution in [0.1, 0.15) is 11.1 Å². The number of nitrogens with zero attached hydrogens (tertiary/aromatic N) is 2. The molecule has 0 aliphatic heterocycles. The van der Waals surface area contributed by atoms with E-state index in [-0.39, 0.29) is 27.9 Å². The van der Waals surface area contributed by atoms with Crippen molar-refractivity contribution in [2.45, 2.75) is 20.0 Å². The van der Waals surface area contributed by atoms with Crippen molar-refractivity contribution in [1.82, 2.24) is 14.5 Å². The average molecular weight is 476 g/mol. The molecule has 0 radical (unpaired) electrons. The van der Waals surface area contributed by atoms with Gasteiger partial charge in [0.05, 0.1) is 17.1 Å². The van der Waals surface area contributed by atoms with Crippen LogP contribution in [0.5, 0.6) is 5.75 Å². The minimum Gasteiger partial charge on any atom is -0.482 e. The topological polar surface area (TPSA) is 77.0 Å². The molecule has 0 unspecified atom stereocenters. The van der Waals surface area contributed by atoms with Crippen LogP contribution in [-0.4, -0.2) is 27.3 Å². The minimum atomic E-state index is -4.60. The Morgan fingerprint density at radius 1 is 1.09 bits per heavy atom. The summed E-state index contributed by atoms with van der Waals surface area (Å²) < 4.78 is 43.8. The molecule has 0 fully saturated rings. The highest BCUT2D eigenvalue weighted by Gasteiger charge is 2.29. The number of alkyl halides is 3. The second-order valence-electron chi connectivity index (χ2n) is 7.52. The molecule has 0 aliphatic carbocycles. The standard InChI is InChI=1S/C23H17ClF3N3O3/c1-12-3-6-17(24)16(7-12)14-4-5-15-18(8-14)29-22(32)30(21(15)31)19-10-28-9-13(2)20(19)33-11-23(25,26)27/h3-10H,11H2,1-2H3,(H,29,32). The van der Waals surface area contributed by atoms with E-state index >= 15 is 0 Å². The van der Waals surface area contributed by atoms with Crippen molar-refractivity contribution < 1.29 is 17.9 Å². The Hall–Kier alpha value is -3.59. The van der Waals surface area contributed by atoms with E-state index in [2.05, 4.69) is 9.97 Å². The highest BCUT2D eigenvalue weighted by atomic mass is 35.5. The summed E-state index contributed by atoms with van der Waals surface area (Å²) in [5.74, 6) is -0.252. The number of rotatable bonds is 4. The van der Waals surface area contributed by atoms with Crippen molar-refractivity contribution >= 4 is 22.5 Å². The van der Waals surface area contributed by atoms with Crippen molar-refractivity contribution in [2.24, 2.45) is 0 Å². The maximum atomic E-state index is 13.2. The predicted octanol–water partition coefficient (Wildman–Crippen LogP) is 4.95. The number of H-pyrrole nitrogens is 1. The normalized spacial score (nSPS) is 11.7. The van der Waals surface area contributed by atoms with Crippen LogP contribution in [0.25, 0.3) is 27.7 Å². The summed E-state index contributed by atoms with van der Waals surface area (Å²) in [6.45, 7) is 1.81. The van der Waals surface area contributed by atoms with E-state index in [1.165, 1.54) is 19.2 Å². The van der Waals surface area contributed by atoms with Crippen LogP contribution in [0.2, 0.25) is 5.02 Å². The molecule has 4 aromatic rings. The van der Waals surface area contributed by atoms with Crippen LogP contribution >= 0.6 is 11.6 Å². The van der Waals surface area contributed by atoms with Crippen molar-refractivity contribution in [2.75, 3.05) is 6.61 Å². The van der Waals surface area contributed by atoms with Gasteiger partial charge in [0.1, 0.15) is 11.4 Å². The number of fused-ring (bicyclic) bond motifs is 1. The number of aromatic nitrogens is 3. The lowest BCUT2D eigenvalue weighted by atomic mass is 10.0. The fourth-order valence-corrected chi connectivity index (χ4v) is 3.73. The molecule has 2 aromatic heterocycles. The summed E-state index contributed by atoms with van der Waals surface area (Å²) in [5.41, 5.74) is 1.16. The second-order valence-corrected chi connectivity index (χ2v) is 7.93. The Morgan fingerprint density at radius 2 is 1.85 bits per heavy atom. The number of hydrogen-bond acceptors (Lipinski definition) is 4. The fourth-order valence-electron chi connectivity index (χ4n) is 3.50. The zero-order valence-corrected chi connectivity index (χ0v) is 18.2. The van der Waals surface area contributed by atoms with Gasteiger partial charge < -0.3 is 9.72 Å². The number of aryl methyl sites for hydroxylation is 2. The van der Waals surface area contributed by atoms with Crippen LogP contribution in [0.3, 0.4) is 0 Å². The summed E-state index contributed by atoms with van der Waals surface area (Å²) >= 11 is 6.31. The van der Waals surface area contributed by atoms with E-state index in [0.29, 0.717) is 15.2 Å². The summed E-state index contributed by atoms with van der Waals surface area (Å²) in [4.78, 5) is 32.6. The predicted molar refractivity (Wildman–Crippen MR) is 119 cm³/mol. The van der Waals surface area contributed by atoms with E-state index in [9.17, 15) is 22.8 Å². The van der Waals surface area contributed by atoms with Gasteiger partial charge in [0, 0.05) is 22.3 Å². The molecule has 0 atom stereocenters. The first-order valence-corrected chi connectivity index (χ1v) is 10.1. The number of halogens is 4. The third-order valence-electron chi connectivity index (χ3n) is 5.01. The van der Waals surface area contributed by atoms with Gasteiger partial charge >= 0.3 is 11.9 Å². The summed E-state index contributed by atoms with van der Waals surface area (Å²) in [5, 5.41) is 0.665. The molecule has 0 saturated heterocycles. The molecule has 6 nitrogen and oxygen atoms in total. The van der Waals surface area contributed by atoms with Gasteiger partial charge in [-0.3, -0.25) is 9.78 Å². The summed E-state index contributed by atoms with van der Waals surface area (Å²) in [7, 11) is 0. The minimum absolute atomic E-state index is 0.158. The van der Waals surface area contributed by atoms with Crippen LogP contribution < -0.4 is 16.0 Å². The largest absolute Gasteiger partial charge is 0.482 e. The number of aromatic amines is 1. The first-order valence-electron chi connectivity index (χ1n) is 9.75. The molecule has 0 saturated carbocycles. The van der Waals surface area contributed by atoms with Gasteiger partial charge in [-0.2, -0.15) is 13.2 Å². The van der Waals surface area contributed by atoms with E-state index in [0.717, 1.165) is 17.3 Å². The average Bonchev–Trinajstić information content (AvgIpc) is 2.74. The Labute approximate surface area is 190 Å². The third kappa shape index (κ3) is 4.49. The van der Waals surface area contributed by atoms with E-state index < -0.39 is 24.0 Å². The van der Waals surface area contributed by atoms with Crippen LogP contribution in [0.4, 0.5) is 13.2 Å². The van der Waals surface area contributed by atoms with Crippen molar-refractivity contribution in [3.05, 3.63) is 85.8 Å². The second kappa shape index (κ2) is 8.40. The number of ether oxygens (including phenoxy) is 1. The smallest absolute Gasteiger partial charge is 0.422 e. The lowest BCUT2D eigenvalue weighted by Crippen LogP contribution is -2.34. The molecule has 0 bridgehead atoms. The molecule has 4 rings (SSSR count). The van der Waals surface area contributed by atoms with Gasteiger partial charge in [-0.05, 0) is 43.7 Å². The molecular weight excluding hydrogens is 459 g/mol. The lowest BCUT2D eigenvalue weighted by molar-refractivity contribution is -0.153. The molecule has 1 N–H and O–H groups in total. The zero-order chi connectivity index (χ0) is 23.9. The lowest BCUT2D eigenvalue weighted by Gasteiger charge is -2.16. The Bertz CT molecular complexity index is 1490. The third-order valence-corrected chi connectivity index (χ3v) is 5.34. The monoisotopic (exact) mass is 475 g/mol. The number of pyridine rings is 1. The maximum Gasteiger partial charge on any atom is 0.422 e. The molecule has 2 heterocycles. The van der Waals surface area contributed by atoms with Crippen molar-refractivity contribution in [1.29, 1.82) is 0 Å². The first-order chi connectivity index (χ1) is 15.5. The molecule has 33 heavy (non-hydrogen) atoms. The highest BCUT2D eigenvalue weighted by molar-refractivity contribution is 6.33. The number of benzene rings is 2. The summed E-state index contributed by atoms with van der Waals surface area (Å²) in [6, 6.07) is 10.3. The summed E-state index contributed by atoms with van der Waals surface area (Å²) in [6.07, 6.45) is -2.20. The van der Waals surface area contributed by atoms with Gasteiger partial charge in [-0.1, -0.05) is 29.3 Å². The SMILES string of the molecule is Cc1ccc(Cl)c(-c2ccc3c(=O)n(-c4cncc(C)c4OCC(F)(F)F)c(=O)[nH]c3c2)c1. The van der Waals surface area contributed by atoms with Crippen LogP contribution in [-0.2, 0) is 0 Å². The molecule has 0 aliphatic rings. The fraction of sp³-hybridized carbons (Fsp3) is 0.174. The first kappa shape index (κ1) is 22.6.